The van der Waals surface area contributed by atoms with Gasteiger partial charge in [-0.3, -0.25) is 4.79 Å². The molecular formula is C18H28O2Si. The van der Waals surface area contributed by atoms with Crippen LogP contribution in [0.15, 0.2) is 42.5 Å². The predicted molar refractivity (Wildman–Crippen MR) is 92.6 cm³/mol. The highest BCUT2D eigenvalue weighted by Crippen LogP contribution is 2.25. The smallest absolute Gasteiger partial charge is 0.310 e. The lowest BCUT2D eigenvalue weighted by Crippen LogP contribution is -2.48. The van der Waals surface area contributed by atoms with E-state index < -0.39 is 8.07 Å². The maximum Gasteiger partial charge on any atom is 0.310 e. The SMILES string of the molecule is CCCC/C=C/C(C(=O)OCC)[Si](C)(C)c1ccccc1. The largest absolute Gasteiger partial charge is 0.466 e. The van der Waals surface area contributed by atoms with Crippen LogP contribution in [0.5, 0.6) is 0 Å². The van der Waals surface area contributed by atoms with Crippen LogP contribution in [-0.4, -0.2) is 20.7 Å². The van der Waals surface area contributed by atoms with Crippen LogP contribution >= 0.6 is 0 Å². The molecule has 0 aliphatic carbocycles. The molecule has 0 bridgehead atoms. The van der Waals surface area contributed by atoms with Gasteiger partial charge >= 0.3 is 5.97 Å². The van der Waals surface area contributed by atoms with Crippen LogP contribution in [0.3, 0.4) is 0 Å². The molecule has 1 unspecified atom stereocenters. The zero-order valence-corrected chi connectivity index (χ0v) is 14.8. The van der Waals surface area contributed by atoms with Crippen molar-refractivity contribution < 1.29 is 9.53 Å². The zero-order chi connectivity index (χ0) is 15.7. The molecule has 0 saturated carbocycles. The Morgan fingerprint density at radius 3 is 2.48 bits per heavy atom. The standard InChI is InChI=1S/C18H28O2Si/c1-5-7-8-12-15-17(18(19)20-6-2)21(3,4)16-13-10-9-11-14-16/h9-15,17H,5-8H2,1-4H3/b15-12+. The molecule has 116 valence electrons. The molecule has 21 heavy (non-hydrogen) atoms. The third-order valence-electron chi connectivity index (χ3n) is 3.89. The fourth-order valence-corrected chi connectivity index (χ4v) is 5.15. The second-order valence-corrected chi connectivity index (χ2v) is 10.5. The van der Waals surface area contributed by atoms with Gasteiger partial charge in [0.2, 0.25) is 0 Å². The first-order chi connectivity index (χ1) is 10.0. The van der Waals surface area contributed by atoms with Gasteiger partial charge in [0.15, 0.2) is 0 Å². The van der Waals surface area contributed by atoms with Crippen molar-refractivity contribution in [1.82, 2.24) is 0 Å². The number of rotatable bonds is 8. The van der Waals surface area contributed by atoms with Gasteiger partial charge in [-0.05, 0) is 13.3 Å². The van der Waals surface area contributed by atoms with Crippen LogP contribution < -0.4 is 5.19 Å². The number of benzene rings is 1. The van der Waals surface area contributed by atoms with Gasteiger partial charge in [-0.25, -0.2) is 0 Å². The monoisotopic (exact) mass is 304 g/mol. The Morgan fingerprint density at radius 2 is 1.90 bits per heavy atom. The minimum Gasteiger partial charge on any atom is -0.466 e. The molecule has 1 aromatic carbocycles. The van der Waals surface area contributed by atoms with Crippen molar-refractivity contribution >= 4 is 19.2 Å². The molecular weight excluding hydrogens is 276 g/mol. The van der Waals surface area contributed by atoms with Gasteiger partial charge in [0.25, 0.3) is 0 Å². The summed E-state index contributed by atoms with van der Waals surface area (Å²) in [6.45, 7) is 8.98. The van der Waals surface area contributed by atoms with E-state index in [1.165, 1.54) is 18.0 Å². The van der Waals surface area contributed by atoms with E-state index in [1.807, 2.05) is 25.1 Å². The van der Waals surface area contributed by atoms with E-state index >= 15 is 0 Å². The van der Waals surface area contributed by atoms with Crippen molar-refractivity contribution in [2.75, 3.05) is 6.61 Å². The molecule has 1 rings (SSSR count). The van der Waals surface area contributed by atoms with E-state index in [0.717, 1.165) is 6.42 Å². The molecule has 2 nitrogen and oxygen atoms in total. The zero-order valence-electron chi connectivity index (χ0n) is 13.8. The lowest BCUT2D eigenvalue weighted by molar-refractivity contribution is -0.142. The second kappa shape index (κ2) is 8.83. The minimum absolute atomic E-state index is 0.0780. The molecule has 0 aromatic heterocycles. The predicted octanol–water partition coefficient (Wildman–Crippen LogP) is 4.28. The van der Waals surface area contributed by atoms with Crippen molar-refractivity contribution in [1.29, 1.82) is 0 Å². The molecule has 3 heteroatoms. The number of carbonyl (C=O) groups is 1. The Morgan fingerprint density at radius 1 is 1.24 bits per heavy atom. The van der Waals surface area contributed by atoms with Crippen LogP contribution in [-0.2, 0) is 9.53 Å². The number of hydrogen-bond donors (Lipinski definition) is 0. The van der Waals surface area contributed by atoms with Crippen LogP contribution in [0.1, 0.15) is 33.1 Å². The highest BCUT2D eigenvalue weighted by atomic mass is 28.3. The van der Waals surface area contributed by atoms with E-state index in [2.05, 4.69) is 44.3 Å². The summed E-state index contributed by atoms with van der Waals surface area (Å²) in [5, 5.41) is 1.29. The third-order valence-corrected chi connectivity index (χ3v) is 7.69. The lowest BCUT2D eigenvalue weighted by Gasteiger charge is -2.29. The molecule has 0 aliphatic rings. The van der Waals surface area contributed by atoms with E-state index in [-0.39, 0.29) is 11.5 Å². The van der Waals surface area contributed by atoms with Gasteiger partial charge in [-0.15, -0.1) is 0 Å². The number of esters is 1. The summed E-state index contributed by atoms with van der Waals surface area (Å²) in [6.07, 6.45) is 7.62. The van der Waals surface area contributed by atoms with Gasteiger partial charge in [-0.2, -0.15) is 0 Å². The molecule has 0 amide bonds. The maximum atomic E-state index is 12.4. The summed E-state index contributed by atoms with van der Waals surface area (Å²) in [6, 6.07) is 10.4. The van der Waals surface area contributed by atoms with Crippen LogP contribution in [0, 0.1) is 0 Å². The topological polar surface area (TPSA) is 26.3 Å². The fourth-order valence-electron chi connectivity index (χ4n) is 2.45. The first kappa shape index (κ1) is 17.7. The quantitative estimate of drug-likeness (QED) is 0.310. The van der Waals surface area contributed by atoms with Gasteiger partial charge in [0.05, 0.1) is 12.1 Å². The van der Waals surface area contributed by atoms with Crippen molar-refractivity contribution in [2.45, 2.75) is 51.7 Å². The summed E-state index contributed by atoms with van der Waals surface area (Å²) in [7, 11) is -1.93. The Hall–Kier alpha value is -1.35. The Bertz CT molecular complexity index is 452. The lowest BCUT2D eigenvalue weighted by atomic mass is 10.2. The summed E-state index contributed by atoms with van der Waals surface area (Å²) in [5.74, 6) is -0.0780. The van der Waals surface area contributed by atoms with Crippen molar-refractivity contribution in [3.63, 3.8) is 0 Å². The van der Waals surface area contributed by atoms with Gasteiger partial charge in [-0.1, -0.05) is 80.5 Å². The van der Waals surface area contributed by atoms with E-state index in [0.29, 0.717) is 6.61 Å². The van der Waals surface area contributed by atoms with Crippen LogP contribution in [0.4, 0.5) is 0 Å². The number of allylic oxidation sites excluding steroid dienone is 1. The van der Waals surface area contributed by atoms with Crippen LogP contribution in [0.2, 0.25) is 18.6 Å². The van der Waals surface area contributed by atoms with E-state index in [1.54, 1.807) is 0 Å². The molecule has 0 N–H and O–H groups in total. The summed E-state index contributed by atoms with van der Waals surface area (Å²) >= 11 is 0. The molecule has 1 atom stereocenters. The average Bonchev–Trinajstić information content (AvgIpc) is 2.48. The number of ether oxygens (including phenoxy) is 1. The highest BCUT2D eigenvalue weighted by Gasteiger charge is 2.37. The molecule has 0 heterocycles. The number of carbonyl (C=O) groups excluding carboxylic acids is 1. The maximum absolute atomic E-state index is 12.4. The Balaban J connectivity index is 2.99. The Labute approximate surface area is 130 Å². The van der Waals surface area contributed by atoms with E-state index in [9.17, 15) is 4.79 Å². The van der Waals surface area contributed by atoms with Gasteiger partial charge in [0, 0.05) is 0 Å². The summed E-state index contributed by atoms with van der Waals surface area (Å²) in [4.78, 5) is 12.4. The molecule has 0 saturated heterocycles. The van der Waals surface area contributed by atoms with Crippen molar-refractivity contribution in [3.05, 3.63) is 42.5 Å². The second-order valence-electron chi connectivity index (χ2n) is 5.89. The fraction of sp³-hybridized carbons (Fsp3) is 0.500. The third kappa shape index (κ3) is 5.16. The van der Waals surface area contributed by atoms with Gasteiger partial charge < -0.3 is 4.74 Å². The average molecular weight is 305 g/mol. The molecule has 1 aromatic rings. The number of hydrogen-bond acceptors (Lipinski definition) is 2. The van der Waals surface area contributed by atoms with Crippen molar-refractivity contribution in [2.24, 2.45) is 0 Å². The van der Waals surface area contributed by atoms with E-state index in [4.69, 9.17) is 4.74 Å². The molecule has 0 aliphatic heterocycles. The van der Waals surface area contributed by atoms with Gasteiger partial charge in [0.1, 0.15) is 8.07 Å². The number of unbranched alkanes of at least 4 members (excludes halogenated alkanes) is 2. The molecule has 0 radical (unpaired) electrons. The Kier molecular flexibility index (Phi) is 7.44. The first-order valence-electron chi connectivity index (χ1n) is 7.92. The summed E-state index contributed by atoms with van der Waals surface area (Å²) in [5.41, 5.74) is -0.114. The van der Waals surface area contributed by atoms with Crippen LogP contribution in [0.25, 0.3) is 0 Å². The first-order valence-corrected chi connectivity index (χ1v) is 11.0. The molecule has 0 fully saturated rings. The highest BCUT2D eigenvalue weighted by molar-refractivity contribution is 6.93. The summed E-state index contributed by atoms with van der Waals surface area (Å²) < 4.78 is 5.31. The molecule has 0 spiro atoms. The normalized spacial score (nSPS) is 13.3. The van der Waals surface area contributed by atoms with Crippen molar-refractivity contribution in [3.8, 4) is 0 Å². The minimum atomic E-state index is -1.93.